The lowest BCUT2D eigenvalue weighted by molar-refractivity contribution is -0.136. The third kappa shape index (κ3) is 5.96. The zero-order valence-electron chi connectivity index (χ0n) is 26.4. The van der Waals surface area contributed by atoms with Crippen molar-refractivity contribution in [2.75, 3.05) is 36.4 Å². The minimum Gasteiger partial charge on any atom is -0.385 e. The van der Waals surface area contributed by atoms with Crippen LogP contribution in [0.15, 0.2) is 54.9 Å². The Bertz CT molecular complexity index is 1630. The van der Waals surface area contributed by atoms with Crippen molar-refractivity contribution >= 4 is 29.4 Å². The standard InChI is InChI=1S/C35H41N7O4/c1-22(2)25-16-36-34(37-17-25)38-27-20-41(21-27)28-6-3-23(4-7-28)18-40-13-11-35(46,12-14-40)26-5-8-29-24(15-26)19-42(33(29)45)30-9-10-31(43)39-32(30)44/h3-8,15-17,22,27,30,46H,9-14,18-21H2,1-2H3,(H,36,37,38)(H,39,43,44). The van der Waals surface area contributed by atoms with Gasteiger partial charge in [0.25, 0.3) is 5.91 Å². The number of aliphatic hydroxyl groups is 1. The van der Waals surface area contributed by atoms with Crippen molar-refractivity contribution in [3.8, 4) is 0 Å². The Kier molecular flexibility index (Phi) is 7.98. The van der Waals surface area contributed by atoms with Gasteiger partial charge in [-0.15, -0.1) is 0 Å². The molecule has 0 radical (unpaired) electrons. The monoisotopic (exact) mass is 623 g/mol. The molecule has 0 saturated carbocycles. The van der Waals surface area contributed by atoms with Gasteiger partial charge < -0.3 is 20.2 Å². The van der Waals surface area contributed by atoms with E-state index in [-0.39, 0.29) is 18.2 Å². The van der Waals surface area contributed by atoms with E-state index in [0.29, 0.717) is 49.3 Å². The molecule has 1 unspecified atom stereocenters. The van der Waals surface area contributed by atoms with E-state index in [9.17, 15) is 19.5 Å². The molecule has 0 aliphatic carbocycles. The van der Waals surface area contributed by atoms with Crippen LogP contribution in [0.5, 0.6) is 0 Å². The topological polar surface area (TPSA) is 131 Å². The van der Waals surface area contributed by atoms with Crippen LogP contribution in [0.25, 0.3) is 0 Å². The van der Waals surface area contributed by atoms with Crippen molar-refractivity contribution in [3.05, 3.63) is 82.7 Å². The normalized spacial score (nSPS) is 21.7. The Labute approximate surface area is 269 Å². The van der Waals surface area contributed by atoms with E-state index in [0.717, 1.165) is 49.4 Å². The maximum absolute atomic E-state index is 13.1. The highest BCUT2D eigenvalue weighted by Crippen LogP contribution is 2.37. The molecule has 7 rings (SSSR count). The Balaban J connectivity index is 0.896. The van der Waals surface area contributed by atoms with Crippen molar-refractivity contribution in [2.24, 2.45) is 0 Å². The van der Waals surface area contributed by atoms with Crippen molar-refractivity contribution in [2.45, 2.75) is 76.2 Å². The number of nitrogens with zero attached hydrogens (tertiary/aromatic N) is 5. The van der Waals surface area contributed by atoms with E-state index in [2.05, 4.69) is 68.5 Å². The molecule has 3 saturated heterocycles. The maximum Gasteiger partial charge on any atom is 0.255 e. The molecule has 4 aliphatic rings. The average Bonchev–Trinajstić information content (AvgIpc) is 3.36. The lowest BCUT2D eigenvalue weighted by Gasteiger charge is -2.41. The lowest BCUT2D eigenvalue weighted by Crippen LogP contribution is -2.55. The number of imide groups is 1. The van der Waals surface area contributed by atoms with E-state index in [1.54, 1.807) is 11.0 Å². The second-order valence-corrected chi connectivity index (χ2v) is 13.5. The van der Waals surface area contributed by atoms with E-state index in [4.69, 9.17) is 0 Å². The molecule has 11 nitrogen and oxygen atoms in total. The molecule has 1 aromatic heterocycles. The molecule has 3 fully saturated rings. The number of hydrogen-bond acceptors (Lipinski definition) is 9. The summed E-state index contributed by atoms with van der Waals surface area (Å²) in [6, 6.07) is 14.0. The predicted octanol–water partition coefficient (Wildman–Crippen LogP) is 3.15. The minimum atomic E-state index is -0.968. The summed E-state index contributed by atoms with van der Waals surface area (Å²) in [5, 5.41) is 17.4. The molecule has 5 heterocycles. The molecule has 3 N–H and O–H groups in total. The molecular weight excluding hydrogens is 582 g/mol. The molecule has 0 bridgehead atoms. The van der Waals surface area contributed by atoms with Crippen molar-refractivity contribution in [1.29, 1.82) is 0 Å². The van der Waals surface area contributed by atoms with Crippen LogP contribution in [0.2, 0.25) is 0 Å². The summed E-state index contributed by atoms with van der Waals surface area (Å²) in [4.78, 5) is 52.2. The number of piperidine rings is 2. The van der Waals surface area contributed by atoms with Crippen LogP contribution in [-0.4, -0.2) is 80.9 Å². The zero-order valence-corrected chi connectivity index (χ0v) is 26.4. The molecule has 46 heavy (non-hydrogen) atoms. The molecule has 0 spiro atoms. The van der Waals surface area contributed by atoms with Gasteiger partial charge in [0, 0.05) is 69.3 Å². The van der Waals surface area contributed by atoms with Crippen LogP contribution in [-0.2, 0) is 28.3 Å². The van der Waals surface area contributed by atoms with Gasteiger partial charge in [-0.25, -0.2) is 9.97 Å². The first kappa shape index (κ1) is 30.3. The van der Waals surface area contributed by atoms with Crippen LogP contribution in [0.3, 0.4) is 0 Å². The highest BCUT2D eigenvalue weighted by molar-refractivity contribution is 6.05. The second kappa shape index (κ2) is 12.1. The molecule has 11 heteroatoms. The van der Waals surface area contributed by atoms with Crippen molar-refractivity contribution in [1.82, 2.24) is 25.1 Å². The maximum atomic E-state index is 13.1. The number of nitrogens with one attached hydrogen (secondary N) is 2. The lowest BCUT2D eigenvalue weighted by atomic mass is 9.83. The molecular formula is C35H41N7O4. The Morgan fingerprint density at radius 2 is 1.74 bits per heavy atom. The number of carbonyl (C=O) groups is 3. The van der Waals surface area contributed by atoms with Gasteiger partial charge in [0.1, 0.15) is 6.04 Å². The quantitative estimate of drug-likeness (QED) is 0.324. The Morgan fingerprint density at radius 1 is 1.02 bits per heavy atom. The first-order chi connectivity index (χ1) is 22.1. The molecule has 240 valence electrons. The van der Waals surface area contributed by atoms with Gasteiger partial charge in [0.15, 0.2) is 0 Å². The van der Waals surface area contributed by atoms with Crippen LogP contribution in [0.1, 0.15) is 78.1 Å². The molecule has 3 aromatic rings. The molecule has 2 aromatic carbocycles. The number of fused-ring (bicyclic) bond motifs is 1. The highest BCUT2D eigenvalue weighted by atomic mass is 16.3. The number of carbonyl (C=O) groups excluding carboxylic acids is 3. The fourth-order valence-electron chi connectivity index (χ4n) is 6.98. The third-order valence-electron chi connectivity index (χ3n) is 10.0. The molecule has 1 atom stereocenters. The smallest absolute Gasteiger partial charge is 0.255 e. The first-order valence-electron chi connectivity index (χ1n) is 16.3. The van der Waals surface area contributed by atoms with Gasteiger partial charge >= 0.3 is 0 Å². The highest BCUT2D eigenvalue weighted by Gasteiger charge is 2.41. The number of aromatic nitrogens is 2. The number of likely N-dealkylation sites (tertiary alicyclic amines) is 1. The largest absolute Gasteiger partial charge is 0.385 e. The fraction of sp³-hybridized carbons (Fsp3) is 0.457. The number of rotatable bonds is 8. The van der Waals surface area contributed by atoms with Gasteiger partial charge in [-0.05, 0) is 65.6 Å². The second-order valence-electron chi connectivity index (χ2n) is 13.5. The summed E-state index contributed by atoms with van der Waals surface area (Å²) < 4.78 is 0. The van der Waals surface area contributed by atoms with Crippen molar-refractivity contribution in [3.63, 3.8) is 0 Å². The number of hydrogen-bond donors (Lipinski definition) is 3. The number of benzene rings is 2. The summed E-state index contributed by atoms with van der Waals surface area (Å²) in [5.41, 5.74) is 4.82. The van der Waals surface area contributed by atoms with Gasteiger partial charge in [-0.2, -0.15) is 0 Å². The summed E-state index contributed by atoms with van der Waals surface area (Å²) in [7, 11) is 0. The van der Waals surface area contributed by atoms with E-state index >= 15 is 0 Å². The molecule has 4 aliphatic heterocycles. The Hall–Kier alpha value is -4.35. The summed E-state index contributed by atoms with van der Waals surface area (Å²) >= 11 is 0. The van der Waals surface area contributed by atoms with Crippen LogP contribution < -0.4 is 15.5 Å². The van der Waals surface area contributed by atoms with E-state index < -0.39 is 17.6 Å². The van der Waals surface area contributed by atoms with Crippen molar-refractivity contribution < 1.29 is 19.5 Å². The average molecular weight is 624 g/mol. The number of amides is 3. The predicted molar refractivity (Wildman–Crippen MR) is 173 cm³/mol. The van der Waals surface area contributed by atoms with Crippen LogP contribution in [0.4, 0.5) is 11.6 Å². The minimum absolute atomic E-state index is 0.198. The van der Waals surface area contributed by atoms with Gasteiger partial charge in [0.2, 0.25) is 17.8 Å². The van der Waals surface area contributed by atoms with Crippen LogP contribution in [0, 0.1) is 0 Å². The summed E-state index contributed by atoms with van der Waals surface area (Å²) in [6.45, 7) is 8.74. The number of anilines is 2. The molecule has 3 amide bonds. The SMILES string of the molecule is CC(C)c1cnc(NC2CN(c3ccc(CN4CCC(O)(c5ccc6c(c5)CN(C5CCC(=O)NC5=O)C6=O)CC4)cc3)C2)nc1. The Morgan fingerprint density at radius 3 is 2.41 bits per heavy atom. The summed E-state index contributed by atoms with van der Waals surface area (Å²) in [6.07, 6.45) is 5.55. The van der Waals surface area contributed by atoms with Gasteiger partial charge in [-0.1, -0.05) is 38.1 Å². The fourth-order valence-corrected chi connectivity index (χ4v) is 6.98. The zero-order chi connectivity index (χ0) is 32.0. The summed E-state index contributed by atoms with van der Waals surface area (Å²) in [5.74, 6) is 0.185. The van der Waals surface area contributed by atoms with E-state index in [1.165, 1.54) is 11.3 Å². The third-order valence-corrected chi connectivity index (χ3v) is 10.0. The van der Waals surface area contributed by atoms with Gasteiger partial charge in [-0.3, -0.25) is 24.6 Å². The van der Waals surface area contributed by atoms with E-state index in [1.807, 2.05) is 24.5 Å². The van der Waals surface area contributed by atoms with Gasteiger partial charge in [0.05, 0.1) is 11.6 Å². The van der Waals surface area contributed by atoms with Crippen LogP contribution >= 0.6 is 0 Å². The first-order valence-corrected chi connectivity index (χ1v) is 16.3.